The Hall–Kier alpha value is -2.74. The number of nitrogens with two attached hydrogens (primary N) is 2. The summed E-state index contributed by atoms with van der Waals surface area (Å²) in [5, 5.41) is 2.62. The molecule has 0 atom stereocenters. The van der Waals surface area contributed by atoms with Gasteiger partial charge in [-0.25, -0.2) is 9.98 Å². The third-order valence-electron chi connectivity index (χ3n) is 7.11. The van der Waals surface area contributed by atoms with E-state index in [1.807, 2.05) is 35.7 Å². The molecule has 0 amide bonds. The Balaban J connectivity index is 1.51. The summed E-state index contributed by atoms with van der Waals surface area (Å²) in [7, 11) is 0. The number of nitrogens with zero attached hydrogens (tertiary/aromatic N) is 3. The van der Waals surface area contributed by atoms with Crippen LogP contribution in [0.4, 0.5) is 5.13 Å². The molecule has 1 aliphatic rings. The van der Waals surface area contributed by atoms with Gasteiger partial charge < -0.3 is 21.1 Å². The van der Waals surface area contributed by atoms with Crippen LogP contribution < -0.4 is 16.2 Å². The predicted octanol–water partition coefficient (Wildman–Crippen LogP) is 6.19. The van der Waals surface area contributed by atoms with E-state index in [2.05, 4.69) is 49.7 Å². The molecule has 4 rings (SSSR count). The lowest BCUT2D eigenvalue weighted by atomic mass is 9.79. The topological polar surface area (TPSA) is 89.8 Å². The van der Waals surface area contributed by atoms with Crippen molar-refractivity contribution in [1.29, 1.82) is 0 Å². The van der Waals surface area contributed by atoms with E-state index in [4.69, 9.17) is 21.2 Å². The molecule has 0 bridgehead atoms. The van der Waals surface area contributed by atoms with Crippen LogP contribution in [0.15, 0.2) is 52.8 Å². The molecular weight excluding hydrogens is 454 g/mol. The Labute approximate surface area is 213 Å². The molecule has 186 valence electrons. The van der Waals surface area contributed by atoms with Gasteiger partial charge >= 0.3 is 0 Å². The second-order valence-corrected chi connectivity index (χ2v) is 10.3. The molecule has 1 fully saturated rings. The molecule has 35 heavy (non-hydrogen) atoms. The van der Waals surface area contributed by atoms with Gasteiger partial charge in [-0.1, -0.05) is 43.7 Å². The van der Waals surface area contributed by atoms with Gasteiger partial charge in [0.05, 0.1) is 11.2 Å². The molecule has 6 nitrogen and oxygen atoms in total. The maximum atomic E-state index is 6.73. The van der Waals surface area contributed by atoms with Crippen LogP contribution in [-0.2, 0) is 0 Å². The number of rotatable bonds is 8. The SMILES string of the molecule is CCN(CC)C1CCC(N)(C(N)=Nc2nc(-c3ccccc3Oc3ccc(C)cc3C)cs2)CC1. The molecule has 0 unspecified atom stereocenters. The lowest BCUT2D eigenvalue weighted by Crippen LogP contribution is -2.56. The number of aryl methyl sites for hydroxylation is 2. The molecule has 1 aromatic heterocycles. The van der Waals surface area contributed by atoms with Gasteiger partial charge in [-0.3, -0.25) is 0 Å². The first-order valence-corrected chi connectivity index (χ1v) is 13.4. The van der Waals surface area contributed by atoms with E-state index in [-0.39, 0.29) is 0 Å². The smallest absolute Gasteiger partial charge is 0.211 e. The zero-order valence-corrected chi connectivity index (χ0v) is 22.1. The Morgan fingerprint density at radius 2 is 1.83 bits per heavy atom. The fraction of sp³-hybridized carbons (Fsp3) is 0.429. The van der Waals surface area contributed by atoms with E-state index in [1.165, 1.54) is 16.9 Å². The standard InChI is InChI=1S/C28H37N5OS/c1-5-33(6-2)21-13-15-28(30,16-14-21)26(29)32-27-31-23(18-35-27)22-9-7-8-10-25(22)34-24-12-11-19(3)17-20(24)4/h7-12,17-18,21H,5-6,13-16,30H2,1-4H3,(H2,29,31,32). The summed E-state index contributed by atoms with van der Waals surface area (Å²) in [6.07, 6.45) is 3.77. The first kappa shape index (κ1) is 25.4. The van der Waals surface area contributed by atoms with Crippen molar-refractivity contribution < 1.29 is 4.74 Å². The van der Waals surface area contributed by atoms with Gasteiger partial charge in [0.15, 0.2) is 0 Å². The van der Waals surface area contributed by atoms with Crippen molar-refractivity contribution in [3.63, 3.8) is 0 Å². The number of hydrogen-bond acceptors (Lipinski definition) is 6. The average Bonchev–Trinajstić information content (AvgIpc) is 3.31. The minimum absolute atomic E-state index is 0.483. The first-order valence-electron chi connectivity index (χ1n) is 12.5. The monoisotopic (exact) mass is 491 g/mol. The molecule has 7 heteroatoms. The second-order valence-electron chi connectivity index (χ2n) is 9.49. The molecule has 0 aliphatic heterocycles. The fourth-order valence-electron chi connectivity index (χ4n) is 4.93. The number of aliphatic imine (C=N–C) groups is 1. The average molecular weight is 492 g/mol. The molecule has 3 aromatic rings. The van der Waals surface area contributed by atoms with Crippen molar-refractivity contribution in [2.75, 3.05) is 13.1 Å². The van der Waals surface area contributed by atoms with Gasteiger partial charge in [0.2, 0.25) is 5.13 Å². The Kier molecular flexibility index (Phi) is 7.89. The number of para-hydroxylation sites is 1. The van der Waals surface area contributed by atoms with E-state index in [1.54, 1.807) is 0 Å². The molecular formula is C28H37N5OS. The molecule has 0 saturated heterocycles. The van der Waals surface area contributed by atoms with Crippen LogP contribution in [0.3, 0.4) is 0 Å². The number of aromatic nitrogens is 1. The molecule has 4 N–H and O–H groups in total. The van der Waals surface area contributed by atoms with Crippen LogP contribution in [0, 0.1) is 13.8 Å². The van der Waals surface area contributed by atoms with Crippen molar-refractivity contribution in [1.82, 2.24) is 9.88 Å². The molecule has 0 radical (unpaired) electrons. The van der Waals surface area contributed by atoms with Crippen LogP contribution in [0.5, 0.6) is 11.5 Å². The number of amidine groups is 1. The third kappa shape index (κ3) is 5.74. The summed E-state index contributed by atoms with van der Waals surface area (Å²) in [4.78, 5) is 11.9. The van der Waals surface area contributed by atoms with Crippen molar-refractivity contribution >= 4 is 22.3 Å². The Morgan fingerprint density at radius 3 is 2.51 bits per heavy atom. The highest BCUT2D eigenvalue weighted by molar-refractivity contribution is 7.13. The minimum atomic E-state index is -0.570. The van der Waals surface area contributed by atoms with Crippen LogP contribution in [0.2, 0.25) is 0 Å². The maximum absolute atomic E-state index is 6.73. The summed E-state index contributed by atoms with van der Waals surface area (Å²) in [5.41, 5.74) is 16.7. The van der Waals surface area contributed by atoms with E-state index in [0.717, 1.165) is 67.1 Å². The van der Waals surface area contributed by atoms with Crippen LogP contribution in [-0.4, -0.2) is 40.4 Å². The van der Waals surface area contributed by atoms with Gasteiger partial charge in [0.25, 0.3) is 0 Å². The quantitative estimate of drug-likeness (QED) is 0.290. The highest BCUT2D eigenvalue weighted by atomic mass is 32.1. The zero-order valence-electron chi connectivity index (χ0n) is 21.3. The highest BCUT2D eigenvalue weighted by Crippen LogP contribution is 2.37. The molecule has 1 saturated carbocycles. The van der Waals surface area contributed by atoms with Crippen LogP contribution in [0.25, 0.3) is 11.3 Å². The first-order chi connectivity index (χ1) is 16.8. The van der Waals surface area contributed by atoms with Crippen molar-refractivity contribution in [3.05, 3.63) is 59.0 Å². The largest absolute Gasteiger partial charge is 0.456 e. The number of hydrogen-bond donors (Lipinski definition) is 2. The van der Waals surface area contributed by atoms with E-state index >= 15 is 0 Å². The minimum Gasteiger partial charge on any atom is -0.456 e. The fourth-order valence-corrected chi connectivity index (χ4v) is 5.63. The number of benzene rings is 2. The normalized spacial score (nSPS) is 20.9. The number of thiazole rings is 1. The van der Waals surface area contributed by atoms with Gasteiger partial charge in [-0.05, 0) is 76.4 Å². The van der Waals surface area contributed by atoms with E-state index in [9.17, 15) is 0 Å². The van der Waals surface area contributed by atoms with Crippen molar-refractivity contribution in [2.45, 2.75) is 65.0 Å². The van der Waals surface area contributed by atoms with E-state index in [0.29, 0.717) is 17.0 Å². The zero-order chi connectivity index (χ0) is 25.0. The van der Waals surface area contributed by atoms with Gasteiger partial charge in [-0.15, -0.1) is 11.3 Å². The Bertz CT molecular complexity index is 1180. The summed E-state index contributed by atoms with van der Waals surface area (Å²) in [6, 6.07) is 14.7. The molecule has 0 spiro atoms. The van der Waals surface area contributed by atoms with Crippen molar-refractivity contribution in [3.8, 4) is 22.8 Å². The highest BCUT2D eigenvalue weighted by Gasteiger charge is 2.36. The molecule has 1 heterocycles. The molecule has 2 aromatic carbocycles. The molecule has 1 aliphatic carbocycles. The summed E-state index contributed by atoms with van der Waals surface area (Å²) in [6.45, 7) is 10.7. The lowest BCUT2D eigenvalue weighted by molar-refractivity contribution is 0.153. The Morgan fingerprint density at radius 1 is 1.11 bits per heavy atom. The van der Waals surface area contributed by atoms with Gasteiger partial charge in [0, 0.05) is 17.0 Å². The van der Waals surface area contributed by atoms with Crippen LogP contribution >= 0.6 is 11.3 Å². The second kappa shape index (κ2) is 10.9. The van der Waals surface area contributed by atoms with Crippen molar-refractivity contribution in [2.24, 2.45) is 16.5 Å². The lowest BCUT2D eigenvalue weighted by Gasteiger charge is -2.40. The third-order valence-corrected chi connectivity index (χ3v) is 7.84. The summed E-state index contributed by atoms with van der Waals surface area (Å²) >= 11 is 1.47. The summed E-state index contributed by atoms with van der Waals surface area (Å²) in [5.74, 6) is 2.08. The van der Waals surface area contributed by atoms with Crippen LogP contribution in [0.1, 0.15) is 50.7 Å². The summed E-state index contributed by atoms with van der Waals surface area (Å²) < 4.78 is 6.28. The maximum Gasteiger partial charge on any atom is 0.211 e. The van der Waals surface area contributed by atoms with Gasteiger partial charge in [-0.2, -0.15) is 0 Å². The predicted molar refractivity (Wildman–Crippen MR) is 147 cm³/mol. The number of ether oxygens (including phenoxy) is 1. The van der Waals surface area contributed by atoms with E-state index < -0.39 is 5.54 Å². The van der Waals surface area contributed by atoms with Gasteiger partial charge in [0.1, 0.15) is 17.3 Å².